The molecular formula is C16H18N2O4S. The number of aliphatic carboxylic acids is 1. The van der Waals surface area contributed by atoms with Crippen LogP contribution >= 0.6 is 11.3 Å². The van der Waals surface area contributed by atoms with Gasteiger partial charge in [0.1, 0.15) is 5.69 Å². The Labute approximate surface area is 138 Å². The molecule has 0 saturated heterocycles. The molecule has 1 aromatic heterocycles. The molecule has 1 aromatic carbocycles. The lowest BCUT2D eigenvalue weighted by atomic mass is 10.0. The van der Waals surface area contributed by atoms with Crippen LogP contribution in [0.25, 0.3) is 0 Å². The third-order valence-corrected chi connectivity index (χ3v) is 4.13. The molecule has 2 aromatic rings. The standard InChI is InChI=1S/C16H18N2O4S/c1-16(10-22-2,15(20)21)18-14(19)12-9-23-13(17-12)8-11-6-4-3-5-7-11/h3-7,9H,8,10H2,1-2H3,(H,18,19)(H,20,21). The Morgan fingerprint density at radius 1 is 1.35 bits per heavy atom. The van der Waals surface area contributed by atoms with Crippen LogP contribution in [0, 0.1) is 0 Å². The fourth-order valence-electron chi connectivity index (χ4n) is 2.02. The van der Waals surface area contributed by atoms with Gasteiger partial charge in [-0.2, -0.15) is 0 Å². The molecule has 0 radical (unpaired) electrons. The number of thiazole rings is 1. The SMILES string of the molecule is COCC(C)(NC(=O)c1csc(Cc2ccccc2)n1)C(=O)O. The first-order valence-electron chi connectivity index (χ1n) is 6.98. The summed E-state index contributed by atoms with van der Waals surface area (Å²) < 4.78 is 4.88. The van der Waals surface area contributed by atoms with Crippen LogP contribution < -0.4 is 5.32 Å². The minimum absolute atomic E-state index is 0.130. The third-order valence-electron chi connectivity index (χ3n) is 3.28. The van der Waals surface area contributed by atoms with Crippen molar-refractivity contribution in [1.29, 1.82) is 0 Å². The van der Waals surface area contributed by atoms with E-state index in [0.29, 0.717) is 6.42 Å². The van der Waals surface area contributed by atoms with Gasteiger partial charge in [0.05, 0.1) is 11.6 Å². The lowest BCUT2D eigenvalue weighted by Crippen LogP contribution is -2.55. The molecule has 0 aliphatic carbocycles. The second-order valence-electron chi connectivity index (χ2n) is 5.31. The van der Waals surface area contributed by atoms with Crippen LogP contribution in [-0.4, -0.2) is 41.2 Å². The molecule has 7 heteroatoms. The Morgan fingerprint density at radius 3 is 2.65 bits per heavy atom. The number of hydrogen-bond donors (Lipinski definition) is 2. The van der Waals surface area contributed by atoms with Crippen molar-refractivity contribution in [2.45, 2.75) is 18.9 Å². The van der Waals surface area contributed by atoms with E-state index in [9.17, 15) is 14.7 Å². The predicted molar refractivity (Wildman–Crippen MR) is 86.7 cm³/mol. The van der Waals surface area contributed by atoms with Crippen molar-refractivity contribution in [2.24, 2.45) is 0 Å². The van der Waals surface area contributed by atoms with E-state index in [2.05, 4.69) is 10.3 Å². The van der Waals surface area contributed by atoms with Crippen molar-refractivity contribution in [3.05, 3.63) is 52.0 Å². The molecule has 0 fully saturated rings. The zero-order valence-corrected chi connectivity index (χ0v) is 13.7. The second-order valence-corrected chi connectivity index (χ2v) is 6.26. The van der Waals surface area contributed by atoms with E-state index in [1.165, 1.54) is 25.4 Å². The summed E-state index contributed by atoms with van der Waals surface area (Å²) in [5, 5.41) is 14.1. The van der Waals surface area contributed by atoms with Crippen LogP contribution in [-0.2, 0) is 16.0 Å². The summed E-state index contributed by atoms with van der Waals surface area (Å²) in [6.45, 7) is 1.27. The van der Waals surface area contributed by atoms with Gasteiger partial charge < -0.3 is 15.2 Å². The zero-order chi connectivity index (χ0) is 16.9. The number of benzene rings is 1. The number of hydrogen-bond acceptors (Lipinski definition) is 5. The second kappa shape index (κ2) is 7.34. The molecule has 0 aliphatic heterocycles. The number of carbonyl (C=O) groups excluding carboxylic acids is 1. The first kappa shape index (κ1) is 17.1. The number of nitrogens with zero attached hydrogens (tertiary/aromatic N) is 1. The van der Waals surface area contributed by atoms with E-state index >= 15 is 0 Å². The van der Waals surface area contributed by atoms with Gasteiger partial charge in [0.2, 0.25) is 0 Å². The number of carboxylic acid groups (broad SMARTS) is 1. The summed E-state index contributed by atoms with van der Waals surface area (Å²) in [5.74, 6) is -1.69. The topological polar surface area (TPSA) is 88.5 Å². The Bertz CT molecular complexity index is 686. The molecule has 1 heterocycles. The highest BCUT2D eigenvalue weighted by atomic mass is 32.1. The van der Waals surface area contributed by atoms with Crippen LogP contribution in [0.2, 0.25) is 0 Å². The van der Waals surface area contributed by atoms with Crippen molar-refractivity contribution in [2.75, 3.05) is 13.7 Å². The molecule has 0 saturated carbocycles. The van der Waals surface area contributed by atoms with Gasteiger partial charge in [0.25, 0.3) is 5.91 Å². The third kappa shape index (κ3) is 4.37. The summed E-state index contributed by atoms with van der Waals surface area (Å²) in [6.07, 6.45) is 0.632. The maximum atomic E-state index is 12.2. The lowest BCUT2D eigenvalue weighted by Gasteiger charge is -2.24. The summed E-state index contributed by atoms with van der Waals surface area (Å²) >= 11 is 1.37. The van der Waals surface area contributed by atoms with Crippen LogP contribution in [0.1, 0.15) is 28.0 Å². The van der Waals surface area contributed by atoms with E-state index in [0.717, 1.165) is 10.6 Å². The molecule has 2 N–H and O–H groups in total. The Morgan fingerprint density at radius 2 is 2.04 bits per heavy atom. The largest absolute Gasteiger partial charge is 0.479 e. The average molecular weight is 334 g/mol. The highest BCUT2D eigenvalue weighted by Gasteiger charge is 2.35. The monoisotopic (exact) mass is 334 g/mol. The summed E-state index contributed by atoms with van der Waals surface area (Å²) in [6, 6.07) is 9.80. The van der Waals surface area contributed by atoms with Crippen molar-refractivity contribution in [3.63, 3.8) is 0 Å². The number of amides is 1. The minimum Gasteiger partial charge on any atom is -0.479 e. The quantitative estimate of drug-likeness (QED) is 0.808. The maximum absolute atomic E-state index is 12.2. The maximum Gasteiger partial charge on any atom is 0.331 e. The molecule has 122 valence electrons. The number of carboxylic acids is 1. The zero-order valence-electron chi connectivity index (χ0n) is 12.9. The molecular weight excluding hydrogens is 316 g/mol. The van der Waals surface area contributed by atoms with Crippen LogP contribution in [0.4, 0.5) is 0 Å². The molecule has 0 spiro atoms. The molecule has 23 heavy (non-hydrogen) atoms. The number of rotatable bonds is 7. The lowest BCUT2D eigenvalue weighted by molar-refractivity contribution is -0.145. The fourth-order valence-corrected chi connectivity index (χ4v) is 2.83. The Balaban J connectivity index is 2.07. The van der Waals surface area contributed by atoms with Gasteiger partial charge in [-0.05, 0) is 12.5 Å². The van der Waals surface area contributed by atoms with Crippen LogP contribution in [0.5, 0.6) is 0 Å². The van der Waals surface area contributed by atoms with Gasteiger partial charge in [0, 0.05) is 18.9 Å². The average Bonchev–Trinajstić information content (AvgIpc) is 2.97. The Kier molecular flexibility index (Phi) is 5.46. The summed E-state index contributed by atoms with van der Waals surface area (Å²) in [4.78, 5) is 27.8. The van der Waals surface area contributed by atoms with Crippen LogP contribution in [0.15, 0.2) is 35.7 Å². The van der Waals surface area contributed by atoms with E-state index in [1.54, 1.807) is 5.38 Å². The molecule has 1 unspecified atom stereocenters. The van der Waals surface area contributed by atoms with Gasteiger partial charge in [-0.25, -0.2) is 9.78 Å². The van der Waals surface area contributed by atoms with Crippen molar-refractivity contribution in [1.82, 2.24) is 10.3 Å². The molecule has 0 bridgehead atoms. The highest BCUT2D eigenvalue weighted by Crippen LogP contribution is 2.16. The first-order valence-corrected chi connectivity index (χ1v) is 7.86. The van der Waals surface area contributed by atoms with E-state index in [4.69, 9.17) is 4.74 Å². The minimum atomic E-state index is -1.49. The smallest absolute Gasteiger partial charge is 0.331 e. The molecule has 1 amide bonds. The van der Waals surface area contributed by atoms with Crippen LogP contribution in [0.3, 0.4) is 0 Å². The number of aromatic nitrogens is 1. The number of carbonyl (C=O) groups is 2. The van der Waals surface area contributed by atoms with Gasteiger partial charge in [0.15, 0.2) is 5.54 Å². The van der Waals surface area contributed by atoms with Crippen molar-refractivity contribution in [3.8, 4) is 0 Å². The molecule has 0 aliphatic rings. The van der Waals surface area contributed by atoms with Crippen molar-refractivity contribution >= 4 is 23.2 Å². The summed E-state index contributed by atoms with van der Waals surface area (Å²) in [7, 11) is 1.38. The predicted octanol–water partition coefficient (Wildman–Crippen LogP) is 1.95. The van der Waals surface area contributed by atoms with Gasteiger partial charge >= 0.3 is 5.97 Å². The van der Waals surface area contributed by atoms with E-state index in [-0.39, 0.29) is 12.3 Å². The van der Waals surface area contributed by atoms with Crippen molar-refractivity contribution < 1.29 is 19.4 Å². The van der Waals surface area contributed by atoms with Gasteiger partial charge in [-0.15, -0.1) is 11.3 Å². The number of ether oxygens (including phenoxy) is 1. The highest BCUT2D eigenvalue weighted by molar-refractivity contribution is 7.09. The van der Waals surface area contributed by atoms with Gasteiger partial charge in [-0.3, -0.25) is 4.79 Å². The number of methoxy groups -OCH3 is 1. The molecule has 6 nitrogen and oxygen atoms in total. The first-order chi connectivity index (χ1) is 10.9. The van der Waals surface area contributed by atoms with Gasteiger partial charge in [-0.1, -0.05) is 30.3 Å². The van der Waals surface area contributed by atoms with E-state index < -0.39 is 17.4 Å². The fraction of sp³-hybridized carbons (Fsp3) is 0.312. The molecule has 2 rings (SSSR count). The summed E-state index contributed by atoms with van der Waals surface area (Å²) in [5.41, 5.74) is -0.178. The Hall–Kier alpha value is -2.25. The molecule has 1 atom stereocenters. The number of nitrogens with one attached hydrogen (secondary N) is 1. The van der Waals surface area contributed by atoms with E-state index in [1.807, 2.05) is 30.3 Å². The normalized spacial score (nSPS) is 13.3.